The molecule has 1 aliphatic carbocycles. The highest BCUT2D eigenvalue weighted by Gasteiger charge is 2.24. The van der Waals surface area contributed by atoms with Crippen molar-refractivity contribution < 1.29 is 13.2 Å². The zero-order chi connectivity index (χ0) is 18.7. The molecule has 26 heavy (non-hydrogen) atoms. The standard InChI is InChI=1S/C20H22BrNO3S/c1-14-7-8-16(20(23)15-9-11-17(21)12-10-15)13-19(14)26(24,25)22-18-5-3-2-4-6-18/h7-13,18,22H,2-6H2,1H3. The highest BCUT2D eigenvalue weighted by Crippen LogP contribution is 2.23. The summed E-state index contributed by atoms with van der Waals surface area (Å²) in [4.78, 5) is 12.9. The van der Waals surface area contributed by atoms with E-state index in [2.05, 4.69) is 20.7 Å². The second kappa shape index (κ2) is 8.03. The number of halogens is 1. The van der Waals surface area contributed by atoms with Crippen molar-refractivity contribution in [3.05, 3.63) is 63.6 Å². The zero-order valence-electron chi connectivity index (χ0n) is 14.7. The molecule has 1 N–H and O–H groups in total. The lowest BCUT2D eigenvalue weighted by atomic mass is 9.96. The summed E-state index contributed by atoms with van der Waals surface area (Å²) in [5.74, 6) is -0.188. The summed E-state index contributed by atoms with van der Waals surface area (Å²) in [6, 6.07) is 11.9. The second-order valence-electron chi connectivity index (χ2n) is 6.77. The Bertz CT molecular complexity index is 901. The maximum Gasteiger partial charge on any atom is 0.241 e. The van der Waals surface area contributed by atoms with Crippen LogP contribution in [-0.2, 0) is 10.0 Å². The van der Waals surface area contributed by atoms with Gasteiger partial charge in [-0.15, -0.1) is 0 Å². The van der Waals surface area contributed by atoms with Crippen molar-refractivity contribution in [2.45, 2.75) is 50.0 Å². The average molecular weight is 436 g/mol. The maximum absolute atomic E-state index is 12.8. The summed E-state index contributed by atoms with van der Waals surface area (Å²) in [5.41, 5.74) is 1.54. The van der Waals surface area contributed by atoms with Gasteiger partial charge in [-0.3, -0.25) is 4.79 Å². The molecular formula is C20H22BrNO3S. The highest BCUT2D eigenvalue weighted by molar-refractivity contribution is 9.10. The predicted molar refractivity (Wildman–Crippen MR) is 106 cm³/mol. The van der Waals surface area contributed by atoms with E-state index in [-0.39, 0.29) is 16.7 Å². The molecule has 6 heteroatoms. The van der Waals surface area contributed by atoms with Gasteiger partial charge in [-0.1, -0.05) is 47.3 Å². The van der Waals surface area contributed by atoms with Crippen LogP contribution in [0.1, 0.15) is 53.6 Å². The molecule has 0 saturated heterocycles. The van der Waals surface area contributed by atoms with Crippen LogP contribution < -0.4 is 4.72 Å². The fourth-order valence-electron chi connectivity index (χ4n) is 3.30. The first-order valence-corrected chi connectivity index (χ1v) is 11.1. The summed E-state index contributed by atoms with van der Waals surface area (Å²) in [5, 5.41) is 0. The first kappa shape index (κ1) is 19.3. The molecule has 0 bridgehead atoms. The third-order valence-electron chi connectivity index (χ3n) is 4.77. The summed E-state index contributed by atoms with van der Waals surface area (Å²) < 4.78 is 29.4. The SMILES string of the molecule is Cc1ccc(C(=O)c2ccc(Br)cc2)cc1S(=O)(=O)NC1CCCCC1. The normalized spacial score (nSPS) is 15.8. The number of benzene rings is 2. The quantitative estimate of drug-likeness (QED) is 0.697. The van der Waals surface area contributed by atoms with Crippen LogP contribution in [-0.4, -0.2) is 20.2 Å². The number of rotatable bonds is 5. The fourth-order valence-corrected chi connectivity index (χ4v) is 5.14. The first-order valence-electron chi connectivity index (χ1n) is 8.80. The predicted octanol–water partition coefficient (Wildman–Crippen LogP) is 4.60. The van der Waals surface area contributed by atoms with Crippen LogP contribution in [0.15, 0.2) is 51.8 Å². The van der Waals surface area contributed by atoms with Crippen LogP contribution in [0.2, 0.25) is 0 Å². The third-order valence-corrected chi connectivity index (χ3v) is 6.96. The lowest BCUT2D eigenvalue weighted by Gasteiger charge is -2.23. The number of aryl methyl sites for hydroxylation is 1. The Labute approximate surface area is 163 Å². The minimum Gasteiger partial charge on any atom is -0.289 e. The summed E-state index contributed by atoms with van der Waals surface area (Å²) >= 11 is 3.35. The van der Waals surface area contributed by atoms with Crippen molar-refractivity contribution in [1.29, 1.82) is 0 Å². The molecule has 2 aromatic rings. The van der Waals surface area contributed by atoms with Gasteiger partial charge in [-0.2, -0.15) is 0 Å². The van der Waals surface area contributed by atoms with Crippen molar-refractivity contribution in [1.82, 2.24) is 4.72 Å². The van der Waals surface area contributed by atoms with Crippen molar-refractivity contribution in [2.75, 3.05) is 0 Å². The molecule has 0 heterocycles. The number of ketones is 1. The van der Waals surface area contributed by atoms with Gasteiger partial charge in [-0.05, 0) is 55.7 Å². The molecule has 0 aliphatic heterocycles. The molecule has 3 rings (SSSR count). The minimum absolute atomic E-state index is 0.0148. The molecule has 1 saturated carbocycles. The van der Waals surface area contributed by atoms with Gasteiger partial charge in [0.15, 0.2) is 5.78 Å². The molecule has 1 fully saturated rings. The Morgan fingerprint density at radius 1 is 1.00 bits per heavy atom. The van der Waals surface area contributed by atoms with E-state index in [0.717, 1.165) is 36.6 Å². The summed E-state index contributed by atoms with van der Waals surface area (Å²) in [6.07, 6.45) is 5.00. The molecule has 1 aliphatic rings. The molecule has 0 unspecified atom stereocenters. The summed E-state index contributed by atoms with van der Waals surface area (Å²) in [7, 11) is -3.65. The number of carbonyl (C=O) groups excluding carboxylic acids is 1. The number of hydrogen-bond acceptors (Lipinski definition) is 3. The van der Waals surface area contributed by atoms with Gasteiger partial charge < -0.3 is 0 Å². The molecule has 0 aromatic heterocycles. The Morgan fingerprint density at radius 3 is 2.27 bits per heavy atom. The Hall–Kier alpha value is -1.50. The van der Waals surface area contributed by atoms with E-state index < -0.39 is 10.0 Å². The van der Waals surface area contributed by atoms with E-state index in [9.17, 15) is 13.2 Å². The molecule has 4 nitrogen and oxygen atoms in total. The van der Waals surface area contributed by atoms with Gasteiger partial charge >= 0.3 is 0 Å². The zero-order valence-corrected chi connectivity index (χ0v) is 17.1. The fraction of sp³-hybridized carbons (Fsp3) is 0.350. The van der Waals surface area contributed by atoms with Crippen LogP contribution in [0.25, 0.3) is 0 Å². The number of carbonyl (C=O) groups is 1. The molecule has 2 aromatic carbocycles. The molecule has 0 atom stereocenters. The van der Waals surface area contributed by atoms with Gasteiger partial charge in [0.25, 0.3) is 0 Å². The molecule has 0 radical (unpaired) electrons. The van der Waals surface area contributed by atoms with Crippen LogP contribution in [0.4, 0.5) is 0 Å². The van der Waals surface area contributed by atoms with E-state index in [1.165, 1.54) is 6.07 Å². The van der Waals surface area contributed by atoms with E-state index in [1.807, 2.05) is 0 Å². The monoisotopic (exact) mass is 435 g/mol. The van der Waals surface area contributed by atoms with Crippen LogP contribution >= 0.6 is 15.9 Å². The minimum atomic E-state index is -3.65. The Morgan fingerprint density at radius 2 is 1.62 bits per heavy atom. The van der Waals surface area contributed by atoms with Crippen molar-refractivity contribution >= 4 is 31.7 Å². The second-order valence-corrected chi connectivity index (χ2v) is 9.37. The first-order chi connectivity index (χ1) is 12.4. The van der Waals surface area contributed by atoms with Crippen molar-refractivity contribution in [3.63, 3.8) is 0 Å². The number of nitrogens with one attached hydrogen (secondary N) is 1. The third kappa shape index (κ3) is 4.42. The lowest BCUT2D eigenvalue weighted by Crippen LogP contribution is -2.36. The van der Waals surface area contributed by atoms with Gasteiger partial charge in [-0.25, -0.2) is 13.1 Å². The van der Waals surface area contributed by atoms with E-state index >= 15 is 0 Å². The van der Waals surface area contributed by atoms with Crippen LogP contribution in [0, 0.1) is 6.92 Å². The average Bonchev–Trinajstić information content (AvgIpc) is 2.62. The number of hydrogen-bond donors (Lipinski definition) is 1. The van der Waals surface area contributed by atoms with Gasteiger partial charge in [0.1, 0.15) is 0 Å². The van der Waals surface area contributed by atoms with E-state index in [1.54, 1.807) is 43.3 Å². The summed E-state index contributed by atoms with van der Waals surface area (Å²) in [6.45, 7) is 1.75. The van der Waals surface area contributed by atoms with E-state index in [0.29, 0.717) is 16.7 Å². The van der Waals surface area contributed by atoms with Gasteiger partial charge in [0.05, 0.1) is 4.90 Å². The lowest BCUT2D eigenvalue weighted by molar-refractivity contribution is 0.103. The van der Waals surface area contributed by atoms with Gasteiger partial charge in [0, 0.05) is 21.6 Å². The van der Waals surface area contributed by atoms with Crippen LogP contribution in [0.5, 0.6) is 0 Å². The van der Waals surface area contributed by atoms with Crippen molar-refractivity contribution in [3.8, 4) is 0 Å². The Kier molecular flexibility index (Phi) is 5.95. The Balaban J connectivity index is 1.89. The molecule has 0 amide bonds. The van der Waals surface area contributed by atoms with Crippen molar-refractivity contribution in [2.24, 2.45) is 0 Å². The van der Waals surface area contributed by atoms with E-state index in [4.69, 9.17) is 0 Å². The smallest absolute Gasteiger partial charge is 0.241 e. The van der Waals surface area contributed by atoms with Gasteiger partial charge in [0.2, 0.25) is 10.0 Å². The largest absolute Gasteiger partial charge is 0.289 e. The number of sulfonamides is 1. The molecule has 0 spiro atoms. The topological polar surface area (TPSA) is 63.2 Å². The van der Waals surface area contributed by atoms with Crippen LogP contribution in [0.3, 0.4) is 0 Å². The maximum atomic E-state index is 12.8. The highest BCUT2D eigenvalue weighted by atomic mass is 79.9. The molecular weight excluding hydrogens is 414 g/mol. The molecule has 138 valence electrons.